The van der Waals surface area contributed by atoms with E-state index in [2.05, 4.69) is 10.5 Å². The zero-order chi connectivity index (χ0) is 15.1. The second-order valence-corrected chi connectivity index (χ2v) is 3.50. The molecule has 1 aromatic rings. The summed E-state index contributed by atoms with van der Waals surface area (Å²) in [6.07, 6.45) is 0. The van der Waals surface area contributed by atoms with Crippen LogP contribution in [-0.2, 0) is 4.74 Å². The Labute approximate surface area is 115 Å². The summed E-state index contributed by atoms with van der Waals surface area (Å²) in [5.74, 6) is -0.128. The highest BCUT2D eigenvalue weighted by Crippen LogP contribution is 2.10. The summed E-state index contributed by atoms with van der Waals surface area (Å²) < 4.78 is 4.75. The van der Waals surface area contributed by atoms with E-state index in [4.69, 9.17) is 20.7 Å². The average Bonchev–Trinajstić information content (AvgIpc) is 2.47. The van der Waals surface area contributed by atoms with E-state index < -0.39 is 12.8 Å². The van der Waals surface area contributed by atoms with Gasteiger partial charge in [-0.3, -0.25) is 10.8 Å². The maximum atomic E-state index is 9.22. The molecule has 0 aliphatic carbocycles. The van der Waals surface area contributed by atoms with Gasteiger partial charge in [-0.2, -0.15) is 15.6 Å². The van der Waals surface area contributed by atoms with Gasteiger partial charge in [0.1, 0.15) is 12.1 Å². The lowest BCUT2D eigenvalue weighted by molar-refractivity contribution is 0.401. The third kappa shape index (κ3) is 3.56. The third-order valence-electron chi connectivity index (χ3n) is 2.30. The Balaban J connectivity index is 3.20. The number of hydrazone groups is 1. The standard InChI is InChI=1S/C11H10BN5O3/c1-20-11(15)7-2-3-9(12(18)19)10(4-7)17-16-8(5-13)6-14/h2-4,15,17-19H,1H3. The number of hydrogen-bond acceptors (Lipinski definition) is 8. The molecular formula is C11H10BN5O3. The van der Waals surface area contributed by atoms with E-state index in [1.165, 1.54) is 25.3 Å². The van der Waals surface area contributed by atoms with Crippen LogP contribution in [0.25, 0.3) is 0 Å². The van der Waals surface area contributed by atoms with Crippen molar-refractivity contribution in [1.82, 2.24) is 0 Å². The fourth-order valence-corrected chi connectivity index (χ4v) is 1.33. The molecule has 0 bridgehead atoms. The van der Waals surface area contributed by atoms with E-state index in [-0.39, 0.29) is 17.0 Å². The van der Waals surface area contributed by atoms with Crippen molar-refractivity contribution in [3.63, 3.8) is 0 Å². The monoisotopic (exact) mass is 271 g/mol. The molecule has 1 rings (SSSR count). The highest BCUT2D eigenvalue weighted by atomic mass is 16.5. The van der Waals surface area contributed by atoms with Crippen LogP contribution in [0.2, 0.25) is 0 Å². The number of nitrogens with one attached hydrogen (secondary N) is 2. The van der Waals surface area contributed by atoms with Crippen molar-refractivity contribution >= 4 is 29.9 Å². The van der Waals surface area contributed by atoms with Crippen molar-refractivity contribution in [3.8, 4) is 12.1 Å². The number of anilines is 1. The Morgan fingerprint density at radius 3 is 2.55 bits per heavy atom. The fraction of sp³-hybridized carbons (Fsp3) is 0.0909. The minimum absolute atomic E-state index is 0.0802. The first kappa shape index (κ1) is 15.2. The smallest absolute Gasteiger partial charge is 0.481 e. The Morgan fingerprint density at radius 2 is 2.05 bits per heavy atom. The normalized spacial score (nSPS) is 8.85. The zero-order valence-corrected chi connectivity index (χ0v) is 10.5. The van der Waals surface area contributed by atoms with E-state index in [0.717, 1.165) is 0 Å². The zero-order valence-electron chi connectivity index (χ0n) is 10.5. The number of rotatable bonds is 4. The third-order valence-corrected chi connectivity index (χ3v) is 2.30. The van der Waals surface area contributed by atoms with E-state index in [1.54, 1.807) is 12.1 Å². The van der Waals surface area contributed by atoms with Gasteiger partial charge < -0.3 is 14.8 Å². The molecule has 1 aromatic carbocycles. The fourth-order valence-electron chi connectivity index (χ4n) is 1.33. The lowest BCUT2D eigenvalue weighted by Gasteiger charge is -2.10. The van der Waals surface area contributed by atoms with Crippen molar-refractivity contribution in [2.75, 3.05) is 12.5 Å². The van der Waals surface area contributed by atoms with Crippen LogP contribution in [0.4, 0.5) is 5.69 Å². The molecule has 8 nitrogen and oxygen atoms in total. The highest BCUT2D eigenvalue weighted by molar-refractivity contribution is 6.60. The van der Waals surface area contributed by atoms with Crippen LogP contribution in [0.3, 0.4) is 0 Å². The number of hydrogen-bond donors (Lipinski definition) is 4. The van der Waals surface area contributed by atoms with Gasteiger partial charge in [-0.05, 0) is 12.1 Å². The van der Waals surface area contributed by atoms with Crippen molar-refractivity contribution in [1.29, 1.82) is 15.9 Å². The molecule has 0 saturated carbocycles. The highest BCUT2D eigenvalue weighted by Gasteiger charge is 2.17. The molecule has 20 heavy (non-hydrogen) atoms. The van der Waals surface area contributed by atoms with Crippen LogP contribution < -0.4 is 10.9 Å². The molecule has 0 radical (unpaired) electrons. The number of nitrogens with zero attached hydrogens (tertiary/aromatic N) is 3. The molecule has 0 aliphatic rings. The second kappa shape index (κ2) is 6.90. The summed E-state index contributed by atoms with van der Waals surface area (Å²) >= 11 is 0. The topological polar surface area (TPSA) is 146 Å². The Hall–Kier alpha value is -2.88. The van der Waals surface area contributed by atoms with Crippen molar-refractivity contribution < 1.29 is 14.8 Å². The molecule has 9 heteroatoms. The average molecular weight is 271 g/mol. The van der Waals surface area contributed by atoms with Crippen molar-refractivity contribution in [2.45, 2.75) is 0 Å². The molecule has 100 valence electrons. The second-order valence-electron chi connectivity index (χ2n) is 3.50. The lowest BCUT2D eigenvalue weighted by Crippen LogP contribution is -2.32. The molecule has 0 atom stereocenters. The van der Waals surface area contributed by atoms with E-state index >= 15 is 0 Å². The molecular weight excluding hydrogens is 261 g/mol. The summed E-state index contributed by atoms with van der Waals surface area (Å²) in [7, 11) is -0.447. The number of ether oxygens (including phenoxy) is 1. The summed E-state index contributed by atoms with van der Waals surface area (Å²) in [5, 5.41) is 46.6. The van der Waals surface area contributed by atoms with Crippen LogP contribution in [0, 0.1) is 28.1 Å². The maximum absolute atomic E-state index is 9.22. The van der Waals surface area contributed by atoms with E-state index in [0.29, 0.717) is 5.56 Å². The number of benzene rings is 1. The van der Waals surface area contributed by atoms with Gasteiger partial charge in [0.25, 0.3) is 0 Å². The Morgan fingerprint density at radius 1 is 1.40 bits per heavy atom. The first-order chi connectivity index (χ1) is 9.53. The quantitative estimate of drug-likeness (QED) is 0.243. The summed E-state index contributed by atoms with van der Waals surface area (Å²) in [4.78, 5) is 0. The molecule has 0 spiro atoms. The molecule has 0 aliphatic heterocycles. The molecule has 0 heterocycles. The number of methoxy groups -OCH3 is 1. The summed E-state index contributed by atoms with van der Waals surface area (Å²) in [6, 6.07) is 7.32. The molecule has 0 fully saturated rings. The first-order valence-electron chi connectivity index (χ1n) is 5.30. The minimum atomic E-state index is -1.77. The molecule has 4 N–H and O–H groups in total. The van der Waals surface area contributed by atoms with Gasteiger partial charge in [-0.1, -0.05) is 6.07 Å². The van der Waals surface area contributed by atoms with E-state index in [9.17, 15) is 10.0 Å². The molecule has 0 unspecified atom stereocenters. The predicted molar refractivity (Wildman–Crippen MR) is 72.4 cm³/mol. The van der Waals surface area contributed by atoms with Crippen LogP contribution in [0.15, 0.2) is 23.3 Å². The van der Waals surface area contributed by atoms with Crippen LogP contribution in [0.1, 0.15) is 5.56 Å². The molecule has 0 amide bonds. The SMILES string of the molecule is COC(=N)c1ccc(B(O)O)c(NN=C(C#N)C#N)c1. The first-order valence-corrected chi connectivity index (χ1v) is 5.30. The van der Waals surface area contributed by atoms with Crippen molar-refractivity contribution in [2.24, 2.45) is 5.10 Å². The van der Waals surface area contributed by atoms with E-state index in [1.807, 2.05) is 0 Å². The maximum Gasteiger partial charge on any atom is 0.490 e. The van der Waals surface area contributed by atoms with Gasteiger partial charge in [0.15, 0.2) is 0 Å². The van der Waals surface area contributed by atoms with Gasteiger partial charge >= 0.3 is 7.12 Å². The largest absolute Gasteiger partial charge is 0.490 e. The van der Waals surface area contributed by atoms with Crippen LogP contribution in [0.5, 0.6) is 0 Å². The van der Waals surface area contributed by atoms with Gasteiger partial charge in [-0.25, -0.2) is 0 Å². The van der Waals surface area contributed by atoms with Gasteiger partial charge in [0.2, 0.25) is 11.6 Å². The van der Waals surface area contributed by atoms with Gasteiger partial charge in [0, 0.05) is 11.0 Å². The molecule has 0 aromatic heterocycles. The van der Waals surface area contributed by atoms with Crippen molar-refractivity contribution in [3.05, 3.63) is 23.8 Å². The predicted octanol–water partition coefficient (Wildman–Crippen LogP) is -0.847. The van der Waals surface area contributed by atoms with Gasteiger partial charge in [-0.15, -0.1) is 0 Å². The summed E-state index contributed by atoms with van der Waals surface area (Å²) in [6.45, 7) is 0. The van der Waals surface area contributed by atoms with Crippen LogP contribution in [-0.4, -0.2) is 35.9 Å². The molecule has 0 saturated heterocycles. The lowest BCUT2D eigenvalue weighted by atomic mass is 9.78. The van der Waals surface area contributed by atoms with Gasteiger partial charge in [0.05, 0.1) is 12.8 Å². The Bertz CT molecular complexity index is 614. The number of nitriles is 2. The summed E-state index contributed by atoms with van der Waals surface area (Å²) in [5.41, 5.74) is 2.55. The van der Waals surface area contributed by atoms with Crippen LogP contribution >= 0.6 is 0 Å². The minimum Gasteiger partial charge on any atom is -0.481 e. The Kier molecular flexibility index (Phi) is 5.24.